The minimum absolute atomic E-state index is 0.565. The van der Waals surface area contributed by atoms with Crippen LogP contribution in [0, 0.1) is 7.05 Å². The molecule has 12 heavy (non-hydrogen) atoms. The molecule has 0 bridgehead atoms. The number of nitrogens with zero attached hydrogens (tertiary/aromatic N) is 5. The number of hydrogen-bond acceptors (Lipinski definition) is 4. The normalized spacial score (nSPS) is 10.1. The second-order valence-electron chi connectivity index (χ2n) is 2.22. The molecule has 2 aromatic rings. The van der Waals surface area contributed by atoms with E-state index in [1.54, 1.807) is 6.20 Å². The van der Waals surface area contributed by atoms with Crippen molar-refractivity contribution in [2.75, 3.05) is 0 Å². The molecule has 2 rings (SSSR count). The third kappa shape index (κ3) is 1.05. The van der Waals surface area contributed by atoms with Crippen molar-refractivity contribution >= 4 is 0 Å². The van der Waals surface area contributed by atoms with Crippen LogP contribution in [-0.2, 0) is 0 Å². The maximum atomic E-state index is 4.08. The SMILES string of the molecule is [CH2]n1nnnc1-c1ccccn1. The Labute approximate surface area is 69.1 Å². The topological polar surface area (TPSA) is 56.5 Å². The zero-order chi connectivity index (χ0) is 8.39. The van der Waals surface area contributed by atoms with Crippen LogP contribution in [0.2, 0.25) is 0 Å². The largest absolute Gasteiger partial charge is 0.253 e. The van der Waals surface area contributed by atoms with Crippen LogP contribution >= 0.6 is 0 Å². The van der Waals surface area contributed by atoms with Crippen LogP contribution < -0.4 is 0 Å². The van der Waals surface area contributed by atoms with E-state index in [1.807, 2.05) is 18.2 Å². The highest BCUT2D eigenvalue weighted by Crippen LogP contribution is 2.09. The van der Waals surface area contributed by atoms with Gasteiger partial charge in [0.05, 0.1) is 7.05 Å². The summed E-state index contributed by atoms with van der Waals surface area (Å²) in [5.41, 5.74) is 0.720. The Bertz CT molecular complexity index is 366. The molecule has 5 heteroatoms. The molecule has 2 heterocycles. The summed E-state index contributed by atoms with van der Waals surface area (Å²) in [5, 5.41) is 10.8. The summed E-state index contributed by atoms with van der Waals surface area (Å²) in [6.07, 6.45) is 1.68. The summed E-state index contributed by atoms with van der Waals surface area (Å²) in [6.45, 7) is 0. The molecule has 0 spiro atoms. The van der Waals surface area contributed by atoms with Crippen molar-refractivity contribution in [2.24, 2.45) is 0 Å². The highest BCUT2D eigenvalue weighted by molar-refractivity contribution is 5.47. The molecule has 0 saturated heterocycles. The Morgan fingerprint density at radius 1 is 1.33 bits per heavy atom. The predicted molar refractivity (Wildman–Crippen MR) is 41.8 cm³/mol. The lowest BCUT2D eigenvalue weighted by atomic mass is 10.3. The monoisotopic (exact) mass is 160 g/mol. The molecule has 59 valence electrons. The van der Waals surface area contributed by atoms with Gasteiger partial charge in [-0.2, -0.15) is 0 Å². The fourth-order valence-corrected chi connectivity index (χ4v) is 0.883. The fourth-order valence-electron chi connectivity index (χ4n) is 0.883. The minimum atomic E-state index is 0.565. The van der Waals surface area contributed by atoms with E-state index in [4.69, 9.17) is 0 Å². The van der Waals surface area contributed by atoms with Crippen molar-refractivity contribution < 1.29 is 0 Å². The molecule has 0 aromatic carbocycles. The Morgan fingerprint density at radius 3 is 2.83 bits per heavy atom. The van der Waals surface area contributed by atoms with Gasteiger partial charge in [-0.05, 0) is 22.6 Å². The van der Waals surface area contributed by atoms with E-state index in [0.29, 0.717) is 5.82 Å². The Morgan fingerprint density at radius 2 is 2.25 bits per heavy atom. The highest BCUT2D eigenvalue weighted by Gasteiger charge is 2.04. The van der Waals surface area contributed by atoms with Crippen LogP contribution in [0.15, 0.2) is 24.4 Å². The van der Waals surface area contributed by atoms with Gasteiger partial charge in [0.2, 0.25) is 5.82 Å². The average molecular weight is 160 g/mol. The molecule has 0 fully saturated rings. The van der Waals surface area contributed by atoms with Crippen LogP contribution in [0.5, 0.6) is 0 Å². The van der Waals surface area contributed by atoms with Crippen LogP contribution in [0.25, 0.3) is 11.5 Å². The average Bonchev–Trinajstić information content (AvgIpc) is 2.53. The van der Waals surface area contributed by atoms with E-state index in [2.05, 4.69) is 27.6 Å². The van der Waals surface area contributed by atoms with Crippen LogP contribution in [0.4, 0.5) is 0 Å². The fraction of sp³-hybridized carbons (Fsp3) is 0. The first-order chi connectivity index (χ1) is 5.88. The Balaban J connectivity index is 2.51. The number of rotatable bonds is 1. The van der Waals surface area contributed by atoms with Gasteiger partial charge >= 0.3 is 0 Å². The van der Waals surface area contributed by atoms with E-state index in [9.17, 15) is 0 Å². The number of pyridine rings is 1. The van der Waals surface area contributed by atoms with Gasteiger partial charge in [0.15, 0.2) is 0 Å². The van der Waals surface area contributed by atoms with E-state index in [1.165, 1.54) is 4.68 Å². The number of tetrazole rings is 1. The van der Waals surface area contributed by atoms with Crippen molar-refractivity contribution in [1.82, 2.24) is 25.2 Å². The third-order valence-corrected chi connectivity index (χ3v) is 1.43. The van der Waals surface area contributed by atoms with Gasteiger partial charge in [-0.15, -0.1) is 5.10 Å². The van der Waals surface area contributed by atoms with Gasteiger partial charge in [0, 0.05) is 6.20 Å². The molecular weight excluding hydrogens is 154 g/mol. The summed E-state index contributed by atoms with van der Waals surface area (Å²) in [6, 6.07) is 5.53. The quantitative estimate of drug-likeness (QED) is 0.605. The summed E-state index contributed by atoms with van der Waals surface area (Å²) in [5.74, 6) is 0.565. The molecule has 5 nitrogen and oxygen atoms in total. The second kappa shape index (κ2) is 2.69. The first kappa shape index (κ1) is 6.90. The second-order valence-corrected chi connectivity index (χ2v) is 2.22. The van der Waals surface area contributed by atoms with E-state index in [0.717, 1.165) is 5.69 Å². The van der Waals surface area contributed by atoms with Crippen LogP contribution in [-0.4, -0.2) is 25.2 Å². The molecule has 0 saturated carbocycles. The number of aromatic nitrogens is 5. The number of hydrogen-bond donors (Lipinski definition) is 0. The van der Waals surface area contributed by atoms with Crippen molar-refractivity contribution in [3.05, 3.63) is 31.4 Å². The van der Waals surface area contributed by atoms with E-state index >= 15 is 0 Å². The summed E-state index contributed by atoms with van der Waals surface area (Å²) >= 11 is 0. The Hall–Kier alpha value is -1.78. The predicted octanol–water partition coefficient (Wildman–Crippen LogP) is 0.375. The zero-order valence-electron chi connectivity index (χ0n) is 6.25. The molecule has 1 radical (unpaired) electrons. The third-order valence-electron chi connectivity index (χ3n) is 1.43. The molecule has 0 aliphatic carbocycles. The summed E-state index contributed by atoms with van der Waals surface area (Å²) in [7, 11) is 3.60. The van der Waals surface area contributed by atoms with Crippen molar-refractivity contribution in [3.63, 3.8) is 0 Å². The smallest absolute Gasteiger partial charge is 0.200 e. The van der Waals surface area contributed by atoms with Crippen LogP contribution in [0.3, 0.4) is 0 Å². The first-order valence-corrected chi connectivity index (χ1v) is 3.38. The first-order valence-electron chi connectivity index (χ1n) is 3.38. The molecule has 0 amide bonds. The van der Waals surface area contributed by atoms with E-state index in [-0.39, 0.29) is 0 Å². The molecule has 0 N–H and O–H groups in total. The maximum absolute atomic E-state index is 4.08. The van der Waals surface area contributed by atoms with Crippen molar-refractivity contribution in [2.45, 2.75) is 0 Å². The molecule has 0 unspecified atom stereocenters. The minimum Gasteiger partial charge on any atom is -0.253 e. The lowest BCUT2D eigenvalue weighted by Crippen LogP contribution is -1.93. The lowest BCUT2D eigenvalue weighted by molar-refractivity contribution is 0.787. The lowest BCUT2D eigenvalue weighted by Gasteiger charge is -1.94. The van der Waals surface area contributed by atoms with Gasteiger partial charge in [0.1, 0.15) is 5.69 Å². The molecule has 2 aromatic heterocycles. The van der Waals surface area contributed by atoms with Crippen molar-refractivity contribution in [1.29, 1.82) is 0 Å². The zero-order valence-corrected chi connectivity index (χ0v) is 6.25. The van der Waals surface area contributed by atoms with Gasteiger partial charge in [-0.25, -0.2) is 4.68 Å². The molecule has 0 atom stereocenters. The van der Waals surface area contributed by atoms with Gasteiger partial charge in [-0.1, -0.05) is 6.07 Å². The molecule has 0 aliphatic heterocycles. The molecular formula is C7H6N5. The van der Waals surface area contributed by atoms with Gasteiger partial charge in [-0.3, -0.25) is 4.98 Å². The van der Waals surface area contributed by atoms with Crippen LogP contribution in [0.1, 0.15) is 0 Å². The highest BCUT2D eigenvalue weighted by atomic mass is 15.5. The Kier molecular flexibility index (Phi) is 1.55. The maximum Gasteiger partial charge on any atom is 0.200 e. The van der Waals surface area contributed by atoms with E-state index < -0.39 is 0 Å². The molecule has 0 aliphatic rings. The van der Waals surface area contributed by atoms with Crippen molar-refractivity contribution in [3.8, 4) is 11.5 Å². The summed E-state index contributed by atoms with van der Waals surface area (Å²) in [4.78, 5) is 4.08. The standard InChI is InChI=1S/C7H6N5/c1-12-7(9-10-11-12)6-4-2-3-5-8-6/h2-5H,1H2. The van der Waals surface area contributed by atoms with Gasteiger partial charge < -0.3 is 0 Å². The van der Waals surface area contributed by atoms with Gasteiger partial charge in [0.25, 0.3) is 0 Å². The summed E-state index contributed by atoms with van der Waals surface area (Å²) < 4.78 is 1.34.